The Morgan fingerprint density at radius 2 is 2.08 bits per heavy atom. The number of anilines is 1. The van der Waals surface area contributed by atoms with E-state index >= 15 is 0 Å². The predicted octanol–water partition coefficient (Wildman–Crippen LogP) is 1.49. The maximum absolute atomic E-state index is 12.6. The fourth-order valence-corrected chi connectivity index (χ4v) is 5.42. The maximum Gasteiger partial charge on any atom is 0.323 e. The molecule has 1 amide bonds. The van der Waals surface area contributed by atoms with E-state index in [0.29, 0.717) is 18.5 Å². The zero-order valence-corrected chi connectivity index (χ0v) is 21.3. The van der Waals surface area contributed by atoms with Crippen molar-refractivity contribution in [3.8, 4) is 0 Å². The number of hydrogen-bond donors (Lipinski definition) is 4. The Morgan fingerprint density at radius 3 is 2.86 bits per heavy atom. The number of carbonyl (C=O) groups is 2. The number of hydrogen-bond acceptors (Lipinski definition) is 7. The van der Waals surface area contributed by atoms with E-state index in [4.69, 9.17) is 0 Å². The summed E-state index contributed by atoms with van der Waals surface area (Å²) in [5, 5.41) is 19.5. The van der Waals surface area contributed by atoms with Gasteiger partial charge in [-0.05, 0) is 37.0 Å². The van der Waals surface area contributed by atoms with Gasteiger partial charge in [-0.1, -0.05) is 35.9 Å². The number of rotatable bonds is 11. The van der Waals surface area contributed by atoms with Gasteiger partial charge in [0.15, 0.2) is 0 Å². The Morgan fingerprint density at radius 1 is 1.24 bits per heavy atom. The molecule has 0 unspecified atom stereocenters. The summed E-state index contributed by atoms with van der Waals surface area (Å²) in [7, 11) is -3.95. The van der Waals surface area contributed by atoms with E-state index in [1.54, 1.807) is 29.1 Å². The summed E-state index contributed by atoms with van der Waals surface area (Å²) in [6, 6.07) is 9.50. The molecule has 3 heterocycles. The third kappa shape index (κ3) is 7.37. The van der Waals surface area contributed by atoms with Gasteiger partial charge in [0, 0.05) is 37.9 Å². The first-order valence-corrected chi connectivity index (χ1v) is 13.7. The van der Waals surface area contributed by atoms with Crippen LogP contribution in [-0.2, 0) is 40.0 Å². The zero-order chi connectivity index (χ0) is 26.4. The molecule has 2 aromatic heterocycles. The normalized spacial score (nSPS) is 13.9. The number of benzene rings is 1. The van der Waals surface area contributed by atoms with E-state index in [1.165, 1.54) is 11.8 Å². The topological polar surface area (TPSA) is 155 Å². The minimum Gasteiger partial charge on any atom is -0.480 e. The summed E-state index contributed by atoms with van der Waals surface area (Å²) in [5.41, 5.74) is 3.80. The van der Waals surface area contributed by atoms with Crippen LogP contribution in [-0.4, -0.2) is 59.3 Å². The molecular weight excluding hydrogens is 496 g/mol. The highest BCUT2D eigenvalue weighted by Gasteiger charge is 2.25. The average Bonchev–Trinajstić information content (AvgIpc) is 3.34. The lowest BCUT2D eigenvalue weighted by Gasteiger charge is -2.17. The highest BCUT2D eigenvalue weighted by atomic mass is 32.2. The lowest BCUT2D eigenvalue weighted by Crippen LogP contribution is -2.48. The van der Waals surface area contributed by atoms with Gasteiger partial charge >= 0.3 is 5.97 Å². The Balaban J connectivity index is 1.30. The number of nitrogens with one attached hydrogen (secondary N) is 3. The van der Waals surface area contributed by atoms with E-state index in [0.717, 1.165) is 36.5 Å². The molecule has 0 spiro atoms. The molecule has 0 bridgehead atoms. The van der Waals surface area contributed by atoms with Crippen LogP contribution in [0.1, 0.15) is 39.2 Å². The number of amides is 1. The predicted molar refractivity (Wildman–Crippen MR) is 138 cm³/mol. The van der Waals surface area contributed by atoms with Gasteiger partial charge in [-0.2, -0.15) is 9.82 Å². The van der Waals surface area contributed by atoms with E-state index in [1.807, 2.05) is 19.1 Å². The molecule has 1 aliphatic heterocycles. The summed E-state index contributed by atoms with van der Waals surface area (Å²) >= 11 is 0. The molecule has 12 heteroatoms. The first-order chi connectivity index (χ1) is 17.7. The quantitative estimate of drug-likeness (QED) is 0.293. The molecule has 4 N–H and O–H groups in total. The van der Waals surface area contributed by atoms with Crippen LogP contribution >= 0.6 is 0 Å². The third-order valence-electron chi connectivity index (χ3n) is 5.97. The molecular formula is C25H30N6O5S. The van der Waals surface area contributed by atoms with E-state index in [9.17, 15) is 23.1 Å². The summed E-state index contributed by atoms with van der Waals surface area (Å²) in [6.45, 7) is 2.84. The fourth-order valence-electron chi connectivity index (χ4n) is 4.10. The van der Waals surface area contributed by atoms with E-state index in [2.05, 4.69) is 31.5 Å². The molecule has 0 saturated carbocycles. The van der Waals surface area contributed by atoms with Gasteiger partial charge in [-0.15, -0.1) is 0 Å². The number of fused-ring (bicyclic) bond motifs is 1. The Bertz CT molecular complexity index is 1390. The molecule has 0 saturated heterocycles. The van der Waals surface area contributed by atoms with Gasteiger partial charge < -0.3 is 15.7 Å². The number of aliphatic carboxylic acids is 1. The molecule has 11 nitrogen and oxygen atoms in total. The number of carboxylic acids is 1. The number of aromatic nitrogens is 3. The van der Waals surface area contributed by atoms with Crippen LogP contribution in [0.4, 0.5) is 5.82 Å². The van der Waals surface area contributed by atoms with Crippen LogP contribution in [0.5, 0.6) is 0 Å². The summed E-state index contributed by atoms with van der Waals surface area (Å²) < 4.78 is 28.8. The van der Waals surface area contributed by atoms with Gasteiger partial charge in [0.2, 0.25) is 10.0 Å². The number of carbonyl (C=O) groups excluding carboxylic acids is 1. The van der Waals surface area contributed by atoms with Crippen LogP contribution in [0.2, 0.25) is 0 Å². The highest BCUT2D eigenvalue weighted by molar-refractivity contribution is 7.88. The van der Waals surface area contributed by atoms with E-state index in [-0.39, 0.29) is 11.3 Å². The minimum atomic E-state index is -3.95. The van der Waals surface area contributed by atoms with Crippen molar-refractivity contribution in [2.45, 2.75) is 44.5 Å². The number of sulfonamides is 1. The number of carboxylic acid groups (broad SMARTS) is 1. The molecule has 196 valence electrons. The Hall–Kier alpha value is -3.77. The lowest BCUT2D eigenvalue weighted by atomic mass is 10.1. The van der Waals surface area contributed by atoms with Crippen LogP contribution in [0.3, 0.4) is 0 Å². The van der Waals surface area contributed by atoms with Crippen molar-refractivity contribution in [2.24, 2.45) is 0 Å². The highest BCUT2D eigenvalue weighted by Crippen LogP contribution is 2.20. The van der Waals surface area contributed by atoms with Crippen molar-refractivity contribution in [3.05, 3.63) is 76.7 Å². The van der Waals surface area contributed by atoms with E-state index < -0.39 is 34.5 Å². The molecule has 3 aromatic rings. The zero-order valence-electron chi connectivity index (χ0n) is 20.5. The second-order valence-electron chi connectivity index (χ2n) is 9.05. The average molecular weight is 527 g/mol. The van der Waals surface area contributed by atoms with Crippen molar-refractivity contribution in [2.75, 3.05) is 18.4 Å². The SMILES string of the molecule is Cc1cccc(CS(=O)(=O)N[C@@H](CNC(=O)c2cnn(CCc3ccc4c(n3)NCCC4)c2)C(=O)O)c1. The number of nitrogens with zero attached hydrogens (tertiary/aromatic N) is 3. The molecule has 1 atom stereocenters. The molecule has 0 fully saturated rings. The van der Waals surface area contributed by atoms with Crippen molar-refractivity contribution in [1.29, 1.82) is 0 Å². The van der Waals surface area contributed by atoms with Crippen molar-refractivity contribution in [1.82, 2.24) is 24.8 Å². The van der Waals surface area contributed by atoms with Crippen LogP contribution in [0, 0.1) is 6.92 Å². The van der Waals surface area contributed by atoms with Crippen molar-refractivity contribution >= 4 is 27.7 Å². The Labute approximate surface area is 215 Å². The van der Waals surface area contributed by atoms with Crippen molar-refractivity contribution < 1.29 is 23.1 Å². The fraction of sp³-hybridized carbons (Fsp3) is 0.360. The first kappa shape index (κ1) is 26.3. The standard InChI is InChI=1S/C25H30N6O5S/c1-17-4-2-5-18(12-17)16-37(35,36)30-22(25(33)34)14-27-24(32)20-13-28-31(15-20)11-9-21-8-7-19-6-3-10-26-23(19)29-21/h2,4-5,7-8,12-13,15,22,30H,3,6,9-11,14,16H2,1H3,(H,26,29)(H,27,32)(H,33,34)/t22-/m0/s1. The van der Waals surface area contributed by atoms with Gasteiger partial charge in [0.25, 0.3) is 5.91 Å². The molecule has 37 heavy (non-hydrogen) atoms. The summed E-state index contributed by atoms with van der Waals surface area (Å²) in [6.07, 6.45) is 5.68. The smallest absolute Gasteiger partial charge is 0.323 e. The Kier molecular flexibility index (Phi) is 8.19. The van der Waals surface area contributed by atoms with Crippen LogP contribution in [0.15, 0.2) is 48.8 Å². The second-order valence-corrected chi connectivity index (χ2v) is 10.8. The van der Waals surface area contributed by atoms with Gasteiger partial charge in [-0.25, -0.2) is 13.4 Å². The van der Waals surface area contributed by atoms with Gasteiger partial charge in [0.1, 0.15) is 11.9 Å². The van der Waals surface area contributed by atoms with Crippen LogP contribution in [0.25, 0.3) is 0 Å². The molecule has 1 aliphatic rings. The molecule has 0 aliphatic carbocycles. The minimum absolute atomic E-state index is 0.242. The third-order valence-corrected chi connectivity index (χ3v) is 7.33. The molecule has 4 rings (SSSR count). The molecule has 1 aromatic carbocycles. The van der Waals surface area contributed by atoms with Gasteiger partial charge in [0.05, 0.1) is 17.5 Å². The molecule has 0 radical (unpaired) electrons. The maximum atomic E-state index is 12.6. The van der Waals surface area contributed by atoms with Crippen LogP contribution < -0.4 is 15.4 Å². The largest absolute Gasteiger partial charge is 0.480 e. The summed E-state index contributed by atoms with van der Waals surface area (Å²) in [4.78, 5) is 28.9. The van der Waals surface area contributed by atoms with Gasteiger partial charge in [-0.3, -0.25) is 14.3 Å². The van der Waals surface area contributed by atoms with Crippen molar-refractivity contribution in [3.63, 3.8) is 0 Å². The number of pyridine rings is 1. The second kappa shape index (κ2) is 11.5. The lowest BCUT2D eigenvalue weighted by molar-refractivity contribution is -0.138. The summed E-state index contributed by atoms with van der Waals surface area (Å²) in [5.74, 6) is -1.39. The first-order valence-electron chi connectivity index (χ1n) is 12.0. The number of aryl methyl sites for hydroxylation is 4. The monoisotopic (exact) mass is 526 g/mol.